The number of rotatable bonds is 7. The molecule has 1 amide bonds. The number of hydrogen-bond donors (Lipinski definition) is 2. The van der Waals surface area contributed by atoms with Gasteiger partial charge in [0.15, 0.2) is 0 Å². The minimum Gasteiger partial charge on any atom is -0.497 e. The summed E-state index contributed by atoms with van der Waals surface area (Å²) in [6, 6.07) is 13.1. The summed E-state index contributed by atoms with van der Waals surface area (Å²) >= 11 is 0. The molecule has 1 heterocycles. The molecule has 0 aliphatic heterocycles. The zero-order valence-electron chi connectivity index (χ0n) is 16.0. The van der Waals surface area contributed by atoms with E-state index in [0.717, 1.165) is 17.7 Å². The van der Waals surface area contributed by atoms with Crippen molar-refractivity contribution in [1.29, 1.82) is 0 Å². The lowest BCUT2D eigenvalue weighted by Crippen LogP contribution is -2.14. The first kappa shape index (κ1) is 19.2. The number of carbonyl (C=O) groups is 1. The topological polar surface area (TPSA) is 85.4 Å². The van der Waals surface area contributed by atoms with Crippen molar-refractivity contribution >= 4 is 23.2 Å². The van der Waals surface area contributed by atoms with Gasteiger partial charge in [0.05, 0.1) is 25.5 Å². The molecule has 3 rings (SSSR count). The minimum atomic E-state index is -0.341. The van der Waals surface area contributed by atoms with E-state index in [0.29, 0.717) is 28.7 Å². The molecule has 0 atom stereocenters. The highest BCUT2D eigenvalue weighted by molar-refractivity contribution is 6.04. The maximum absolute atomic E-state index is 12.5. The number of nitrogens with one attached hydrogen (secondary N) is 2. The molecule has 7 heteroatoms. The van der Waals surface area contributed by atoms with Crippen molar-refractivity contribution in [3.63, 3.8) is 0 Å². The summed E-state index contributed by atoms with van der Waals surface area (Å²) in [5.74, 6) is 1.23. The maximum Gasteiger partial charge on any atom is 0.258 e. The molecular formula is C21H22N4O3. The summed E-state index contributed by atoms with van der Waals surface area (Å²) in [4.78, 5) is 21.0. The third-order valence-electron chi connectivity index (χ3n) is 4.21. The smallest absolute Gasteiger partial charge is 0.258 e. The maximum atomic E-state index is 12.5. The Kier molecular flexibility index (Phi) is 6.06. The fourth-order valence-corrected chi connectivity index (χ4v) is 2.69. The third-order valence-corrected chi connectivity index (χ3v) is 4.21. The van der Waals surface area contributed by atoms with Crippen LogP contribution < -0.4 is 20.1 Å². The van der Waals surface area contributed by atoms with Crippen LogP contribution in [0.5, 0.6) is 11.5 Å². The standard InChI is InChI=1S/C21H22N4O3/c1-4-14-7-5-6-8-17(14)25-21-22-12-15(13-23-21)20(26)24-18-11-16(27-2)9-10-19(18)28-3/h5-13H,4H2,1-3H3,(H,24,26)(H,22,23,25). The predicted octanol–water partition coefficient (Wildman–Crippen LogP) is 4.05. The van der Waals surface area contributed by atoms with Crippen LogP contribution in [0.15, 0.2) is 54.9 Å². The Labute approximate surface area is 163 Å². The lowest BCUT2D eigenvalue weighted by atomic mass is 10.1. The molecule has 3 aromatic rings. The Morgan fingerprint density at radius 1 is 1.00 bits per heavy atom. The van der Waals surface area contributed by atoms with Gasteiger partial charge in [0.2, 0.25) is 5.95 Å². The quantitative estimate of drug-likeness (QED) is 0.645. The fraction of sp³-hybridized carbons (Fsp3) is 0.190. The fourth-order valence-electron chi connectivity index (χ4n) is 2.69. The molecule has 2 N–H and O–H groups in total. The van der Waals surface area contributed by atoms with Crippen LogP contribution in [0.4, 0.5) is 17.3 Å². The van der Waals surface area contributed by atoms with E-state index in [1.807, 2.05) is 24.3 Å². The van der Waals surface area contributed by atoms with Crippen LogP contribution in [-0.4, -0.2) is 30.1 Å². The van der Waals surface area contributed by atoms with Gasteiger partial charge in [-0.3, -0.25) is 4.79 Å². The van der Waals surface area contributed by atoms with E-state index >= 15 is 0 Å². The normalized spacial score (nSPS) is 10.2. The van der Waals surface area contributed by atoms with E-state index in [-0.39, 0.29) is 5.91 Å². The highest BCUT2D eigenvalue weighted by atomic mass is 16.5. The molecule has 0 saturated heterocycles. The summed E-state index contributed by atoms with van der Waals surface area (Å²) in [7, 11) is 3.10. The van der Waals surface area contributed by atoms with Gasteiger partial charge in [0.25, 0.3) is 5.91 Å². The van der Waals surface area contributed by atoms with Gasteiger partial charge in [-0.25, -0.2) is 9.97 Å². The Hall–Kier alpha value is -3.61. The third kappa shape index (κ3) is 4.37. The molecule has 0 radical (unpaired) electrons. The van der Waals surface area contributed by atoms with Gasteiger partial charge in [0.1, 0.15) is 11.5 Å². The lowest BCUT2D eigenvalue weighted by molar-refractivity contribution is 0.102. The highest BCUT2D eigenvalue weighted by Gasteiger charge is 2.12. The summed E-state index contributed by atoms with van der Waals surface area (Å²) < 4.78 is 10.5. The van der Waals surface area contributed by atoms with Crippen LogP contribution in [0, 0.1) is 0 Å². The van der Waals surface area contributed by atoms with Crippen molar-refractivity contribution < 1.29 is 14.3 Å². The number of hydrogen-bond acceptors (Lipinski definition) is 6. The highest BCUT2D eigenvalue weighted by Crippen LogP contribution is 2.29. The number of ether oxygens (including phenoxy) is 2. The number of aryl methyl sites for hydroxylation is 1. The van der Waals surface area contributed by atoms with Gasteiger partial charge in [-0.2, -0.15) is 0 Å². The second-order valence-corrected chi connectivity index (χ2v) is 5.95. The molecule has 1 aromatic heterocycles. The van der Waals surface area contributed by atoms with E-state index < -0.39 is 0 Å². The number of para-hydroxylation sites is 1. The Balaban J connectivity index is 1.74. The number of nitrogens with zero attached hydrogens (tertiary/aromatic N) is 2. The van der Waals surface area contributed by atoms with Crippen LogP contribution in [0.3, 0.4) is 0 Å². The Bertz CT molecular complexity index is 958. The van der Waals surface area contributed by atoms with Crippen LogP contribution in [0.25, 0.3) is 0 Å². The molecule has 2 aromatic carbocycles. The minimum absolute atomic E-state index is 0.333. The van der Waals surface area contributed by atoms with E-state index in [4.69, 9.17) is 9.47 Å². The molecule has 0 aliphatic carbocycles. The van der Waals surface area contributed by atoms with Crippen molar-refractivity contribution in [2.45, 2.75) is 13.3 Å². The molecule has 0 bridgehead atoms. The number of amides is 1. The average Bonchev–Trinajstić information content (AvgIpc) is 2.74. The average molecular weight is 378 g/mol. The van der Waals surface area contributed by atoms with Crippen molar-refractivity contribution in [1.82, 2.24) is 9.97 Å². The molecule has 0 unspecified atom stereocenters. The monoisotopic (exact) mass is 378 g/mol. The molecule has 28 heavy (non-hydrogen) atoms. The zero-order chi connectivity index (χ0) is 19.9. The summed E-state index contributed by atoms with van der Waals surface area (Å²) in [5, 5.41) is 5.98. The Morgan fingerprint density at radius 3 is 2.43 bits per heavy atom. The van der Waals surface area contributed by atoms with Crippen LogP contribution in [-0.2, 0) is 6.42 Å². The van der Waals surface area contributed by atoms with Crippen LogP contribution in [0.1, 0.15) is 22.8 Å². The van der Waals surface area contributed by atoms with Crippen LogP contribution >= 0.6 is 0 Å². The summed E-state index contributed by atoms with van der Waals surface area (Å²) in [6.45, 7) is 2.08. The largest absolute Gasteiger partial charge is 0.497 e. The van der Waals surface area contributed by atoms with Gasteiger partial charge < -0.3 is 20.1 Å². The summed E-state index contributed by atoms with van der Waals surface area (Å²) in [6.07, 6.45) is 3.85. The lowest BCUT2D eigenvalue weighted by Gasteiger charge is -2.12. The number of anilines is 3. The first-order chi connectivity index (χ1) is 13.6. The van der Waals surface area contributed by atoms with Crippen molar-refractivity contribution in [2.75, 3.05) is 24.9 Å². The molecule has 0 saturated carbocycles. The number of carbonyl (C=O) groups excluding carboxylic acids is 1. The van der Waals surface area contributed by atoms with Crippen molar-refractivity contribution in [2.24, 2.45) is 0 Å². The summed E-state index contributed by atoms with van der Waals surface area (Å²) in [5.41, 5.74) is 2.95. The van der Waals surface area contributed by atoms with Gasteiger partial charge in [-0.15, -0.1) is 0 Å². The number of benzene rings is 2. The number of aromatic nitrogens is 2. The van der Waals surface area contributed by atoms with E-state index in [2.05, 4.69) is 27.5 Å². The van der Waals surface area contributed by atoms with Gasteiger partial charge >= 0.3 is 0 Å². The van der Waals surface area contributed by atoms with E-state index in [1.54, 1.807) is 25.3 Å². The van der Waals surface area contributed by atoms with Crippen molar-refractivity contribution in [3.05, 3.63) is 66.0 Å². The van der Waals surface area contributed by atoms with Crippen LogP contribution in [0.2, 0.25) is 0 Å². The van der Waals surface area contributed by atoms with Gasteiger partial charge in [0, 0.05) is 24.1 Å². The first-order valence-electron chi connectivity index (χ1n) is 8.85. The SMILES string of the molecule is CCc1ccccc1Nc1ncc(C(=O)Nc2cc(OC)ccc2OC)cn1. The second-order valence-electron chi connectivity index (χ2n) is 5.95. The molecular weight excluding hydrogens is 356 g/mol. The Morgan fingerprint density at radius 2 is 1.75 bits per heavy atom. The van der Waals surface area contributed by atoms with Gasteiger partial charge in [-0.05, 0) is 30.2 Å². The molecule has 0 spiro atoms. The molecule has 0 fully saturated rings. The predicted molar refractivity (Wildman–Crippen MR) is 109 cm³/mol. The molecule has 7 nitrogen and oxygen atoms in total. The van der Waals surface area contributed by atoms with Gasteiger partial charge in [-0.1, -0.05) is 25.1 Å². The van der Waals surface area contributed by atoms with E-state index in [1.165, 1.54) is 19.5 Å². The van der Waals surface area contributed by atoms with Crippen molar-refractivity contribution in [3.8, 4) is 11.5 Å². The molecule has 144 valence electrons. The first-order valence-corrected chi connectivity index (χ1v) is 8.85. The zero-order valence-corrected chi connectivity index (χ0v) is 16.0. The number of methoxy groups -OCH3 is 2. The second kappa shape index (κ2) is 8.85. The van der Waals surface area contributed by atoms with E-state index in [9.17, 15) is 4.79 Å². The molecule has 0 aliphatic rings.